The zero-order chi connectivity index (χ0) is 12.9. The Morgan fingerprint density at radius 3 is 2.67 bits per heavy atom. The van der Waals surface area contributed by atoms with E-state index in [1.54, 1.807) is 0 Å². The third kappa shape index (κ3) is 1.51. The molecule has 0 radical (unpaired) electrons. The quantitative estimate of drug-likeness (QED) is 0.860. The fourth-order valence-corrected chi connectivity index (χ4v) is 3.51. The molecule has 1 amide bonds. The molecule has 0 aromatic heterocycles. The van der Waals surface area contributed by atoms with Crippen molar-refractivity contribution in [1.82, 2.24) is 0 Å². The zero-order valence-electron chi connectivity index (χ0n) is 10.7. The van der Waals surface area contributed by atoms with Gasteiger partial charge in [0.25, 0.3) is 0 Å². The Bertz CT molecular complexity index is 509. The minimum absolute atomic E-state index is 0.160. The highest BCUT2D eigenvalue weighted by molar-refractivity contribution is 9.10. The second-order valence-electron chi connectivity index (χ2n) is 5.46. The predicted octanol–water partition coefficient (Wildman–Crippen LogP) is 3.54. The second kappa shape index (κ2) is 3.98. The van der Waals surface area contributed by atoms with E-state index in [1.807, 2.05) is 12.1 Å². The molecule has 1 aromatic carbocycles. The molecule has 18 heavy (non-hydrogen) atoms. The first kappa shape index (κ1) is 12.0. The average Bonchev–Trinajstić information content (AvgIpc) is 2.24. The molecule has 1 aliphatic carbocycles. The van der Waals surface area contributed by atoms with Crippen LogP contribution in [-0.2, 0) is 4.79 Å². The van der Waals surface area contributed by atoms with Crippen LogP contribution in [0, 0.1) is 0 Å². The second-order valence-corrected chi connectivity index (χ2v) is 6.38. The molecule has 1 N–H and O–H groups in total. The maximum absolute atomic E-state index is 12.4. The number of carbonyl (C=O) groups is 1. The molecule has 3 nitrogen and oxygen atoms in total. The Morgan fingerprint density at radius 1 is 1.39 bits per heavy atom. The van der Waals surface area contributed by atoms with Crippen molar-refractivity contribution in [1.29, 1.82) is 0 Å². The van der Waals surface area contributed by atoms with Gasteiger partial charge in [-0.25, -0.2) is 0 Å². The number of anilines is 2. The number of nitrogens with zero attached hydrogens (tertiary/aromatic N) is 1. The van der Waals surface area contributed by atoms with Gasteiger partial charge in [0, 0.05) is 10.5 Å². The standard InChI is InChI=1S/C14H17BrN2O/c1-9(2)17-12-5-4-10(15)8-11(12)16-13(18)14(17)6-3-7-14/h4-5,8-9H,3,6-7H2,1-2H3,(H,16,18). The summed E-state index contributed by atoms with van der Waals surface area (Å²) in [5.74, 6) is 0.160. The predicted molar refractivity (Wildman–Crippen MR) is 77.0 cm³/mol. The maximum Gasteiger partial charge on any atom is 0.250 e. The van der Waals surface area contributed by atoms with E-state index in [9.17, 15) is 4.79 Å². The van der Waals surface area contributed by atoms with Crippen LogP contribution in [0.25, 0.3) is 0 Å². The van der Waals surface area contributed by atoms with E-state index in [2.05, 4.69) is 46.1 Å². The van der Waals surface area contributed by atoms with Crippen LogP contribution < -0.4 is 10.2 Å². The molecule has 1 saturated carbocycles. The zero-order valence-corrected chi connectivity index (χ0v) is 12.3. The van der Waals surface area contributed by atoms with Gasteiger partial charge in [0.05, 0.1) is 11.4 Å². The molecule has 1 spiro atoms. The molecule has 3 rings (SSSR count). The van der Waals surface area contributed by atoms with Gasteiger partial charge in [-0.1, -0.05) is 15.9 Å². The molecule has 1 fully saturated rings. The van der Waals surface area contributed by atoms with Crippen molar-refractivity contribution in [2.24, 2.45) is 0 Å². The third-order valence-corrected chi connectivity index (χ3v) is 4.54. The van der Waals surface area contributed by atoms with Crippen molar-refractivity contribution in [3.8, 4) is 0 Å². The van der Waals surface area contributed by atoms with Crippen LogP contribution >= 0.6 is 15.9 Å². The van der Waals surface area contributed by atoms with E-state index in [-0.39, 0.29) is 11.4 Å². The topological polar surface area (TPSA) is 32.3 Å². The van der Waals surface area contributed by atoms with Gasteiger partial charge in [0.2, 0.25) is 5.91 Å². The summed E-state index contributed by atoms with van der Waals surface area (Å²) in [5, 5.41) is 3.07. The average molecular weight is 309 g/mol. The first-order chi connectivity index (χ1) is 8.54. The van der Waals surface area contributed by atoms with E-state index >= 15 is 0 Å². The number of fused-ring (bicyclic) bond motifs is 1. The van der Waals surface area contributed by atoms with Crippen molar-refractivity contribution in [3.63, 3.8) is 0 Å². The lowest BCUT2D eigenvalue weighted by atomic mass is 9.72. The fraction of sp³-hybridized carbons (Fsp3) is 0.500. The lowest BCUT2D eigenvalue weighted by Crippen LogP contribution is -2.65. The SMILES string of the molecule is CC(C)N1c2ccc(Br)cc2NC(=O)C12CCC2. The highest BCUT2D eigenvalue weighted by Crippen LogP contribution is 2.48. The van der Waals surface area contributed by atoms with Crippen LogP contribution in [0.4, 0.5) is 11.4 Å². The number of benzene rings is 1. The number of hydrogen-bond donors (Lipinski definition) is 1. The number of hydrogen-bond acceptors (Lipinski definition) is 2. The van der Waals surface area contributed by atoms with Gasteiger partial charge >= 0.3 is 0 Å². The van der Waals surface area contributed by atoms with Crippen LogP contribution in [0.15, 0.2) is 22.7 Å². The maximum atomic E-state index is 12.4. The molecule has 96 valence electrons. The van der Waals surface area contributed by atoms with Crippen molar-refractivity contribution < 1.29 is 4.79 Å². The highest BCUT2D eigenvalue weighted by Gasteiger charge is 2.52. The van der Waals surface area contributed by atoms with Gasteiger partial charge < -0.3 is 10.2 Å². The number of amides is 1. The van der Waals surface area contributed by atoms with Crippen LogP contribution in [-0.4, -0.2) is 17.5 Å². The van der Waals surface area contributed by atoms with Gasteiger partial charge in [0.15, 0.2) is 0 Å². The lowest BCUT2D eigenvalue weighted by molar-refractivity contribution is -0.124. The lowest BCUT2D eigenvalue weighted by Gasteiger charge is -2.54. The summed E-state index contributed by atoms with van der Waals surface area (Å²) >= 11 is 3.46. The Balaban J connectivity index is 2.14. The summed E-state index contributed by atoms with van der Waals surface area (Å²) in [5.41, 5.74) is 1.77. The first-order valence-electron chi connectivity index (χ1n) is 6.45. The van der Waals surface area contributed by atoms with Gasteiger partial charge in [-0.2, -0.15) is 0 Å². The molecule has 0 atom stereocenters. The van der Waals surface area contributed by atoms with E-state index in [0.29, 0.717) is 6.04 Å². The van der Waals surface area contributed by atoms with Crippen molar-refractivity contribution in [2.75, 3.05) is 10.2 Å². The third-order valence-electron chi connectivity index (χ3n) is 4.05. The Hall–Kier alpha value is -1.03. The summed E-state index contributed by atoms with van der Waals surface area (Å²) in [4.78, 5) is 14.7. The molecular formula is C14H17BrN2O. The van der Waals surface area contributed by atoms with Crippen molar-refractivity contribution >= 4 is 33.2 Å². The summed E-state index contributed by atoms with van der Waals surface area (Å²) in [7, 11) is 0. The number of carbonyl (C=O) groups excluding carboxylic acids is 1. The van der Waals surface area contributed by atoms with Gasteiger partial charge in [0.1, 0.15) is 5.54 Å². The molecule has 0 saturated heterocycles. The molecule has 2 aliphatic rings. The largest absolute Gasteiger partial charge is 0.353 e. The minimum Gasteiger partial charge on any atom is -0.353 e. The number of rotatable bonds is 1. The van der Waals surface area contributed by atoms with Crippen molar-refractivity contribution in [3.05, 3.63) is 22.7 Å². The number of halogens is 1. The Kier molecular flexibility index (Phi) is 2.66. The van der Waals surface area contributed by atoms with Crippen LogP contribution in [0.1, 0.15) is 33.1 Å². The molecule has 1 aliphatic heterocycles. The normalized spacial score (nSPS) is 20.7. The minimum atomic E-state index is -0.297. The van der Waals surface area contributed by atoms with E-state index in [4.69, 9.17) is 0 Å². The summed E-state index contributed by atoms with van der Waals surface area (Å²) in [6, 6.07) is 6.45. The Labute approximate surface area is 116 Å². The van der Waals surface area contributed by atoms with Crippen LogP contribution in [0.2, 0.25) is 0 Å². The molecule has 1 heterocycles. The summed E-state index contributed by atoms with van der Waals surface area (Å²) < 4.78 is 0.995. The van der Waals surface area contributed by atoms with Gasteiger partial charge in [-0.15, -0.1) is 0 Å². The fourth-order valence-electron chi connectivity index (χ4n) is 3.15. The smallest absolute Gasteiger partial charge is 0.250 e. The monoisotopic (exact) mass is 308 g/mol. The molecule has 0 unspecified atom stereocenters. The highest BCUT2D eigenvalue weighted by atomic mass is 79.9. The van der Waals surface area contributed by atoms with Gasteiger partial charge in [-0.05, 0) is 51.3 Å². The van der Waals surface area contributed by atoms with Gasteiger partial charge in [-0.3, -0.25) is 4.79 Å². The molecule has 4 heteroatoms. The summed E-state index contributed by atoms with van der Waals surface area (Å²) in [6.45, 7) is 4.31. The van der Waals surface area contributed by atoms with E-state index < -0.39 is 0 Å². The molecule has 1 aromatic rings. The van der Waals surface area contributed by atoms with E-state index in [1.165, 1.54) is 0 Å². The van der Waals surface area contributed by atoms with Crippen LogP contribution in [0.3, 0.4) is 0 Å². The van der Waals surface area contributed by atoms with E-state index in [0.717, 1.165) is 35.1 Å². The Morgan fingerprint density at radius 2 is 2.11 bits per heavy atom. The van der Waals surface area contributed by atoms with Crippen molar-refractivity contribution in [2.45, 2.75) is 44.7 Å². The molecule has 0 bridgehead atoms. The number of nitrogens with one attached hydrogen (secondary N) is 1. The molecular weight excluding hydrogens is 292 g/mol. The summed E-state index contributed by atoms with van der Waals surface area (Å²) in [6.07, 6.45) is 3.07. The van der Waals surface area contributed by atoms with Crippen LogP contribution in [0.5, 0.6) is 0 Å². The first-order valence-corrected chi connectivity index (χ1v) is 7.24.